The van der Waals surface area contributed by atoms with Crippen LogP contribution in [-0.4, -0.2) is 19.1 Å². The van der Waals surface area contributed by atoms with Crippen LogP contribution in [0.1, 0.15) is 23.1 Å². The molecule has 0 atom stereocenters. The molecule has 4 N–H and O–H groups in total. The lowest BCUT2D eigenvalue weighted by molar-refractivity contribution is -0.570. The molecule has 0 aliphatic carbocycles. The molecule has 0 radical (unpaired) electrons. The summed E-state index contributed by atoms with van der Waals surface area (Å²) in [6, 6.07) is 16.8. The highest BCUT2D eigenvalue weighted by atomic mass is 16.2. The van der Waals surface area contributed by atoms with Crippen molar-refractivity contribution in [1.82, 2.24) is 0 Å². The first-order valence-electron chi connectivity index (χ1n) is 8.26. The Kier molecular flexibility index (Phi) is 4.93. The molecular formula is C19H24N3O+. The van der Waals surface area contributed by atoms with E-state index in [1.807, 2.05) is 0 Å². The molecule has 23 heavy (non-hydrogen) atoms. The SMILES string of the molecule is NC(=O)[NH2+]Cc1ccc2c(c1)CCN2CCCc1ccccc1. The molecule has 1 aliphatic rings. The third kappa shape index (κ3) is 4.11. The summed E-state index contributed by atoms with van der Waals surface area (Å²) in [6.07, 6.45) is 3.38. The van der Waals surface area contributed by atoms with E-state index in [0.29, 0.717) is 6.54 Å². The maximum atomic E-state index is 10.9. The first kappa shape index (κ1) is 15.6. The summed E-state index contributed by atoms with van der Waals surface area (Å²) in [4.78, 5) is 13.3. The average Bonchev–Trinajstić information content (AvgIpc) is 2.96. The Bertz CT molecular complexity index is 670. The van der Waals surface area contributed by atoms with Gasteiger partial charge >= 0.3 is 6.03 Å². The highest BCUT2D eigenvalue weighted by Gasteiger charge is 2.19. The summed E-state index contributed by atoms with van der Waals surface area (Å²) < 4.78 is 0. The van der Waals surface area contributed by atoms with E-state index < -0.39 is 0 Å². The average molecular weight is 310 g/mol. The van der Waals surface area contributed by atoms with E-state index in [0.717, 1.165) is 31.5 Å². The number of nitrogens with zero attached hydrogens (tertiary/aromatic N) is 1. The number of carbonyl (C=O) groups is 1. The van der Waals surface area contributed by atoms with Crippen LogP contribution >= 0.6 is 0 Å². The molecule has 0 saturated carbocycles. The van der Waals surface area contributed by atoms with E-state index in [9.17, 15) is 4.79 Å². The normalized spacial score (nSPS) is 13.1. The largest absolute Gasteiger partial charge is 0.410 e. The minimum Gasteiger partial charge on any atom is -0.371 e. The van der Waals surface area contributed by atoms with Crippen LogP contribution in [0.15, 0.2) is 48.5 Å². The zero-order valence-electron chi connectivity index (χ0n) is 13.4. The van der Waals surface area contributed by atoms with Crippen molar-refractivity contribution in [3.05, 3.63) is 65.2 Å². The van der Waals surface area contributed by atoms with Gasteiger partial charge in [-0.2, -0.15) is 0 Å². The molecule has 2 aromatic rings. The number of quaternary nitrogens is 1. The van der Waals surface area contributed by atoms with Gasteiger partial charge in [-0.25, -0.2) is 4.79 Å². The van der Waals surface area contributed by atoms with E-state index in [1.54, 1.807) is 0 Å². The van der Waals surface area contributed by atoms with Crippen molar-refractivity contribution < 1.29 is 10.1 Å². The zero-order chi connectivity index (χ0) is 16.1. The van der Waals surface area contributed by atoms with Gasteiger partial charge in [0.1, 0.15) is 6.54 Å². The number of fused-ring (bicyclic) bond motifs is 1. The van der Waals surface area contributed by atoms with Crippen LogP contribution in [0.5, 0.6) is 0 Å². The predicted octanol–water partition coefficient (Wildman–Crippen LogP) is 1.82. The molecule has 120 valence electrons. The first-order chi connectivity index (χ1) is 11.2. The Hall–Kier alpha value is -2.33. The van der Waals surface area contributed by atoms with E-state index in [2.05, 4.69) is 53.4 Å². The molecule has 4 nitrogen and oxygen atoms in total. The van der Waals surface area contributed by atoms with Gasteiger partial charge in [-0.1, -0.05) is 36.4 Å². The lowest BCUT2D eigenvalue weighted by Crippen LogP contribution is -2.88. The van der Waals surface area contributed by atoms with Gasteiger partial charge < -0.3 is 10.6 Å². The Balaban J connectivity index is 1.55. The van der Waals surface area contributed by atoms with Crippen molar-refractivity contribution in [1.29, 1.82) is 0 Å². The lowest BCUT2D eigenvalue weighted by Gasteiger charge is -2.19. The fourth-order valence-electron chi connectivity index (χ4n) is 3.22. The topological polar surface area (TPSA) is 62.9 Å². The highest BCUT2D eigenvalue weighted by Crippen LogP contribution is 2.28. The Morgan fingerprint density at radius 1 is 1.13 bits per heavy atom. The van der Waals surface area contributed by atoms with E-state index in [-0.39, 0.29) is 6.03 Å². The Morgan fingerprint density at radius 3 is 2.74 bits per heavy atom. The smallest absolute Gasteiger partial charge is 0.371 e. The summed E-state index contributed by atoms with van der Waals surface area (Å²) in [5, 5.41) is 1.54. The van der Waals surface area contributed by atoms with Crippen LogP contribution in [-0.2, 0) is 19.4 Å². The summed E-state index contributed by atoms with van der Waals surface area (Å²) in [5.74, 6) is 0. The van der Waals surface area contributed by atoms with Gasteiger partial charge in [0, 0.05) is 24.3 Å². The number of primary amides is 2. The van der Waals surface area contributed by atoms with Crippen molar-refractivity contribution in [3.8, 4) is 0 Å². The van der Waals surface area contributed by atoms with Crippen molar-refractivity contribution in [3.63, 3.8) is 0 Å². The molecule has 0 spiro atoms. The zero-order valence-corrected chi connectivity index (χ0v) is 13.4. The molecule has 0 bridgehead atoms. The monoisotopic (exact) mass is 310 g/mol. The number of nitrogens with two attached hydrogens (primary N) is 2. The Labute approximate surface area is 137 Å². The van der Waals surface area contributed by atoms with Crippen LogP contribution in [0.25, 0.3) is 0 Å². The van der Waals surface area contributed by atoms with Gasteiger partial charge in [-0.15, -0.1) is 0 Å². The quantitative estimate of drug-likeness (QED) is 0.855. The van der Waals surface area contributed by atoms with Crippen LogP contribution in [0.2, 0.25) is 0 Å². The number of urea groups is 1. The van der Waals surface area contributed by atoms with Crippen LogP contribution in [0.3, 0.4) is 0 Å². The van der Waals surface area contributed by atoms with Gasteiger partial charge in [-0.05, 0) is 42.5 Å². The second-order valence-electron chi connectivity index (χ2n) is 6.10. The molecule has 2 amide bonds. The predicted molar refractivity (Wildman–Crippen MR) is 92.3 cm³/mol. The summed E-state index contributed by atoms with van der Waals surface area (Å²) >= 11 is 0. The first-order valence-corrected chi connectivity index (χ1v) is 8.26. The van der Waals surface area contributed by atoms with Crippen LogP contribution in [0.4, 0.5) is 10.5 Å². The van der Waals surface area contributed by atoms with Gasteiger partial charge in [0.2, 0.25) is 0 Å². The standard InChI is InChI=1S/C19H23N3O/c20-19(23)21-14-16-8-9-18-17(13-16)10-12-22(18)11-4-7-15-5-2-1-3-6-15/h1-3,5-6,8-9,13H,4,7,10-12,14H2,(H3,20,21,23)/p+1. The molecule has 0 saturated heterocycles. The fraction of sp³-hybridized carbons (Fsp3) is 0.316. The van der Waals surface area contributed by atoms with Gasteiger partial charge in [-0.3, -0.25) is 5.32 Å². The van der Waals surface area contributed by atoms with Gasteiger partial charge in [0.15, 0.2) is 0 Å². The molecule has 0 unspecified atom stereocenters. The minimum absolute atomic E-state index is 0.354. The number of benzene rings is 2. The maximum Gasteiger partial charge on any atom is 0.410 e. The maximum absolute atomic E-state index is 10.9. The van der Waals surface area contributed by atoms with Crippen molar-refractivity contribution in [2.24, 2.45) is 5.73 Å². The number of aryl methyl sites for hydroxylation is 1. The van der Waals surface area contributed by atoms with Gasteiger partial charge in [0.05, 0.1) is 0 Å². The molecule has 4 heteroatoms. The van der Waals surface area contributed by atoms with E-state index in [4.69, 9.17) is 5.73 Å². The fourth-order valence-corrected chi connectivity index (χ4v) is 3.22. The molecule has 1 aliphatic heterocycles. The lowest BCUT2D eigenvalue weighted by atomic mass is 10.1. The van der Waals surface area contributed by atoms with Gasteiger partial charge in [0.25, 0.3) is 0 Å². The van der Waals surface area contributed by atoms with Crippen molar-refractivity contribution >= 4 is 11.7 Å². The Morgan fingerprint density at radius 2 is 1.96 bits per heavy atom. The van der Waals surface area contributed by atoms with Crippen LogP contribution < -0.4 is 16.0 Å². The van der Waals surface area contributed by atoms with Crippen molar-refractivity contribution in [2.75, 3.05) is 18.0 Å². The number of rotatable bonds is 6. The molecule has 0 fully saturated rings. The molecule has 1 heterocycles. The highest BCUT2D eigenvalue weighted by molar-refractivity contribution is 5.61. The molecule has 0 aromatic heterocycles. The van der Waals surface area contributed by atoms with E-state index >= 15 is 0 Å². The molecule has 2 aromatic carbocycles. The second kappa shape index (κ2) is 7.29. The second-order valence-corrected chi connectivity index (χ2v) is 6.10. The summed E-state index contributed by atoms with van der Waals surface area (Å²) in [6.45, 7) is 2.80. The number of anilines is 1. The molecular weight excluding hydrogens is 286 g/mol. The number of carbonyl (C=O) groups excluding carboxylic acids is 1. The van der Waals surface area contributed by atoms with Crippen molar-refractivity contribution in [2.45, 2.75) is 25.8 Å². The van der Waals surface area contributed by atoms with Crippen LogP contribution in [0, 0.1) is 0 Å². The van der Waals surface area contributed by atoms with E-state index in [1.165, 1.54) is 28.6 Å². The minimum atomic E-state index is -0.354. The third-order valence-electron chi connectivity index (χ3n) is 4.41. The summed E-state index contributed by atoms with van der Waals surface area (Å²) in [5.41, 5.74) is 10.5. The number of hydrogen-bond donors (Lipinski definition) is 2. The summed E-state index contributed by atoms with van der Waals surface area (Å²) in [7, 11) is 0. The number of hydrogen-bond acceptors (Lipinski definition) is 2. The third-order valence-corrected chi connectivity index (χ3v) is 4.41. The molecule has 3 rings (SSSR count). The number of amides is 2.